The van der Waals surface area contributed by atoms with E-state index in [1.807, 2.05) is 0 Å². The van der Waals surface area contributed by atoms with Gasteiger partial charge in [-0.05, 0) is 6.42 Å². The predicted molar refractivity (Wildman–Crippen MR) is 47.3 cm³/mol. The van der Waals surface area contributed by atoms with Crippen LogP contribution in [0.5, 0.6) is 0 Å². The van der Waals surface area contributed by atoms with Crippen molar-refractivity contribution in [2.24, 2.45) is 5.73 Å². The van der Waals surface area contributed by atoms with Crippen LogP contribution >= 0.6 is 8.69 Å². The van der Waals surface area contributed by atoms with Crippen molar-refractivity contribution in [2.45, 2.75) is 25.5 Å². The maximum Gasteiger partial charge on any atom is 0.329 e. The minimum Gasteiger partial charge on any atom is -0.478 e. The molecule has 0 heterocycles. The topological polar surface area (TPSA) is 89.6 Å². The summed E-state index contributed by atoms with van der Waals surface area (Å²) in [5, 5.41) is 8.28. The number of hydrogen-bond acceptors (Lipinski definition) is 4. The van der Waals surface area contributed by atoms with E-state index < -0.39 is 20.4 Å². The van der Waals surface area contributed by atoms with Crippen LogP contribution in [-0.2, 0) is 13.9 Å². The lowest BCUT2D eigenvalue weighted by Crippen LogP contribution is -2.39. The van der Waals surface area contributed by atoms with E-state index in [1.165, 1.54) is 6.08 Å². The molecule has 5 nitrogen and oxygen atoms in total. The average molecular weight is 205 g/mol. The largest absolute Gasteiger partial charge is 0.478 e. The fraction of sp³-hybridized carbons (Fsp3) is 0.571. The third-order valence-corrected chi connectivity index (χ3v) is 1.98. The summed E-state index contributed by atoms with van der Waals surface area (Å²) in [4.78, 5) is 10.1. The fourth-order valence-electron chi connectivity index (χ4n) is 0.680. The first kappa shape index (κ1) is 12.2. The summed E-state index contributed by atoms with van der Waals surface area (Å²) in [6, 6.07) is 0. The van der Waals surface area contributed by atoms with Crippen LogP contribution in [-0.4, -0.2) is 16.8 Å². The zero-order valence-corrected chi connectivity index (χ0v) is 8.16. The van der Waals surface area contributed by atoms with Crippen LogP contribution in [0.3, 0.4) is 0 Å². The van der Waals surface area contributed by atoms with Gasteiger partial charge in [0, 0.05) is 12.5 Å². The van der Waals surface area contributed by atoms with E-state index in [-0.39, 0.29) is 6.42 Å². The summed E-state index contributed by atoms with van der Waals surface area (Å²) >= 11 is 0. The molecule has 0 amide bonds. The molecule has 0 fully saturated rings. The minimum absolute atomic E-state index is 0.213. The molecule has 0 aliphatic heterocycles. The van der Waals surface area contributed by atoms with E-state index in [1.54, 1.807) is 6.92 Å². The molecule has 0 aliphatic carbocycles. The third-order valence-electron chi connectivity index (χ3n) is 1.54. The van der Waals surface area contributed by atoms with Crippen molar-refractivity contribution in [3.05, 3.63) is 12.2 Å². The smallest absolute Gasteiger partial charge is 0.329 e. The Balaban J connectivity index is 4.11. The van der Waals surface area contributed by atoms with Gasteiger partial charge in [0.05, 0.1) is 0 Å². The van der Waals surface area contributed by atoms with Crippen LogP contribution in [0.4, 0.5) is 0 Å². The summed E-state index contributed by atoms with van der Waals surface area (Å²) in [5.41, 5.74) is 4.57. The highest BCUT2D eigenvalue weighted by Gasteiger charge is 2.22. The lowest BCUT2D eigenvalue weighted by Gasteiger charge is -2.22. The lowest BCUT2D eigenvalue weighted by molar-refractivity contribution is -0.131. The monoisotopic (exact) mass is 205 g/mol. The van der Waals surface area contributed by atoms with Gasteiger partial charge >= 0.3 is 14.7 Å². The molecule has 0 saturated carbocycles. The first-order chi connectivity index (χ1) is 6.04. The molecule has 3 N–H and O–H groups in total. The normalized spacial score (nSPS) is 16.2. The molecular formula is C7H12NO4P. The Kier molecular flexibility index (Phi) is 5.46. The summed E-state index contributed by atoms with van der Waals surface area (Å²) < 4.78 is 14.8. The SMILES string of the molecule is CCC(N)(CC=CC(=O)O)OP=O. The summed E-state index contributed by atoms with van der Waals surface area (Å²) in [7, 11) is -0.499. The Morgan fingerprint density at radius 2 is 2.38 bits per heavy atom. The predicted octanol–water partition coefficient (Wildman–Crippen LogP) is 1.31. The van der Waals surface area contributed by atoms with Gasteiger partial charge in [0.25, 0.3) is 0 Å². The number of nitrogens with two attached hydrogens (primary N) is 1. The fourth-order valence-corrected chi connectivity index (χ4v) is 1.03. The number of carbonyl (C=O) groups is 1. The van der Waals surface area contributed by atoms with Crippen molar-refractivity contribution in [3.63, 3.8) is 0 Å². The van der Waals surface area contributed by atoms with Crippen LogP contribution in [0.1, 0.15) is 19.8 Å². The van der Waals surface area contributed by atoms with Gasteiger partial charge in [-0.1, -0.05) is 13.0 Å². The van der Waals surface area contributed by atoms with E-state index >= 15 is 0 Å². The molecule has 0 spiro atoms. The standard InChI is InChI=1S/C7H12NO4P/c1-2-7(8,12-13-11)5-3-4-6(9)10/h3-4H,2,5,8H2,1H3,(H,9,10). The molecule has 0 saturated heterocycles. The number of rotatable bonds is 6. The maximum atomic E-state index is 10.1. The average Bonchev–Trinajstić information content (AvgIpc) is 2.04. The zero-order valence-electron chi connectivity index (χ0n) is 7.27. The summed E-state index contributed by atoms with van der Waals surface area (Å²) in [5.74, 6) is -1.04. The zero-order chi connectivity index (χ0) is 10.3. The molecule has 0 rings (SSSR count). The first-order valence-electron chi connectivity index (χ1n) is 3.73. The summed E-state index contributed by atoms with van der Waals surface area (Å²) in [6.45, 7) is 1.76. The number of aliphatic carboxylic acids is 1. The van der Waals surface area contributed by atoms with Gasteiger partial charge in [-0.25, -0.2) is 9.36 Å². The maximum absolute atomic E-state index is 10.1. The molecule has 13 heavy (non-hydrogen) atoms. The quantitative estimate of drug-likeness (QED) is 0.387. The van der Waals surface area contributed by atoms with Crippen molar-refractivity contribution < 1.29 is 19.0 Å². The molecule has 1 atom stereocenters. The molecule has 0 radical (unpaired) electrons. The Morgan fingerprint density at radius 1 is 1.77 bits per heavy atom. The van der Waals surface area contributed by atoms with Crippen molar-refractivity contribution in [1.82, 2.24) is 0 Å². The Morgan fingerprint density at radius 3 is 2.77 bits per heavy atom. The van der Waals surface area contributed by atoms with Crippen molar-refractivity contribution in [3.8, 4) is 0 Å². The molecule has 0 aromatic rings. The second-order valence-corrected chi connectivity index (χ2v) is 2.86. The van der Waals surface area contributed by atoms with E-state index in [0.717, 1.165) is 6.08 Å². The van der Waals surface area contributed by atoms with Gasteiger partial charge < -0.3 is 10.8 Å². The molecular weight excluding hydrogens is 193 g/mol. The Labute approximate surface area is 77.9 Å². The molecule has 0 aliphatic rings. The van der Waals surface area contributed by atoms with Crippen LogP contribution in [0.15, 0.2) is 12.2 Å². The Hall–Kier alpha value is -0.770. The Bertz CT molecular complexity index is 219. The van der Waals surface area contributed by atoms with Crippen molar-refractivity contribution in [2.75, 3.05) is 0 Å². The van der Waals surface area contributed by atoms with Gasteiger partial charge in [0.2, 0.25) is 0 Å². The molecule has 0 bridgehead atoms. The summed E-state index contributed by atoms with van der Waals surface area (Å²) in [6.07, 6.45) is 3.01. The molecule has 0 aromatic heterocycles. The highest BCUT2D eigenvalue weighted by molar-refractivity contribution is 7.17. The first-order valence-corrected chi connectivity index (χ1v) is 4.46. The molecule has 6 heteroatoms. The number of hydrogen-bond donors (Lipinski definition) is 2. The number of carboxylic acids is 1. The van der Waals surface area contributed by atoms with E-state index in [2.05, 4.69) is 0 Å². The third kappa shape index (κ3) is 5.47. The van der Waals surface area contributed by atoms with Crippen LogP contribution < -0.4 is 5.73 Å². The van der Waals surface area contributed by atoms with E-state index in [9.17, 15) is 9.36 Å². The second kappa shape index (κ2) is 5.80. The number of carboxylic acid groups (broad SMARTS) is 1. The van der Waals surface area contributed by atoms with Gasteiger partial charge in [-0.15, -0.1) is 0 Å². The molecule has 0 aromatic carbocycles. The van der Waals surface area contributed by atoms with Crippen LogP contribution in [0.25, 0.3) is 0 Å². The lowest BCUT2D eigenvalue weighted by atomic mass is 10.1. The van der Waals surface area contributed by atoms with E-state index in [0.29, 0.717) is 6.42 Å². The van der Waals surface area contributed by atoms with Gasteiger partial charge in [0.15, 0.2) is 0 Å². The van der Waals surface area contributed by atoms with Crippen LogP contribution in [0, 0.1) is 0 Å². The minimum atomic E-state index is -1.05. The van der Waals surface area contributed by atoms with Crippen LogP contribution in [0.2, 0.25) is 0 Å². The van der Waals surface area contributed by atoms with Gasteiger partial charge in [0.1, 0.15) is 5.72 Å². The van der Waals surface area contributed by atoms with Gasteiger partial charge in [-0.3, -0.25) is 4.52 Å². The molecule has 1 unspecified atom stereocenters. The highest BCUT2D eigenvalue weighted by atomic mass is 31.1. The molecule has 74 valence electrons. The van der Waals surface area contributed by atoms with E-state index in [4.69, 9.17) is 15.4 Å². The van der Waals surface area contributed by atoms with Gasteiger partial charge in [-0.2, -0.15) is 0 Å². The second-order valence-electron chi connectivity index (χ2n) is 2.53. The van der Waals surface area contributed by atoms with Crippen molar-refractivity contribution >= 4 is 14.7 Å². The van der Waals surface area contributed by atoms with Crippen molar-refractivity contribution in [1.29, 1.82) is 0 Å². The highest BCUT2D eigenvalue weighted by Crippen LogP contribution is 2.19.